The van der Waals surface area contributed by atoms with E-state index in [0.717, 1.165) is 0 Å². The first-order chi connectivity index (χ1) is 15.0. The standard InChI is InChI=1S/C24H18N2O5/c1-2-21(27)30-18-12-10-15(11-13-18)22(28)25-17-7-5-6-16(14-17)23-26-20-9-4-3-8-19(20)24(29)31-23/h3-14H,2H2,1H3,(H,25,28). The maximum Gasteiger partial charge on any atom is 0.347 e. The van der Waals surface area contributed by atoms with Crippen molar-refractivity contribution in [3.8, 4) is 17.2 Å². The molecule has 0 radical (unpaired) electrons. The second kappa shape index (κ2) is 8.62. The van der Waals surface area contributed by atoms with Crippen LogP contribution in [0.15, 0.2) is 82.0 Å². The third-order valence-corrected chi connectivity index (χ3v) is 4.54. The monoisotopic (exact) mass is 414 g/mol. The summed E-state index contributed by atoms with van der Waals surface area (Å²) in [6, 6.07) is 20.1. The molecule has 7 nitrogen and oxygen atoms in total. The number of hydrogen-bond acceptors (Lipinski definition) is 6. The Morgan fingerprint density at radius 2 is 1.77 bits per heavy atom. The molecule has 0 unspecified atom stereocenters. The van der Waals surface area contributed by atoms with Crippen LogP contribution in [0, 0.1) is 0 Å². The first-order valence-corrected chi connectivity index (χ1v) is 9.66. The molecular weight excluding hydrogens is 396 g/mol. The molecule has 31 heavy (non-hydrogen) atoms. The molecule has 0 saturated carbocycles. The van der Waals surface area contributed by atoms with Crippen LogP contribution >= 0.6 is 0 Å². The lowest BCUT2D eigenvalue weighted by molar-refractivity contribution is -0.134. The number of rotatable bonds is 5. The zero-order valence-corrected chi connectivity index (χ0v) is 16.6. The third-order valence-electron chi connectivity index (χ3n) is 4.54. The number of hydrogen-bond donors (Lipinski definition) is 1. The smallest absolute Gasteiger partial charge is 0.347 e. The molecule has 0 aliphatic carbocycles. The highest BCUT2D eigenvalue weighted by molar-refractivity contribution is 6.04. The first kappa shape index (κ1) is 20.0. The van der Waals surface area contributed by atoms with Crippen LogP contribution in [0.3, 0.4) is 0 Å². The number of carbonyl (C=O) groups is 2. The van der Waals surface area contributed by atoms with Gasteiger partial charge in [0.25, 0.3) is 5.91 Å². The van der Waals surface area contributed by atoms with E-state index < -0.39 is 5.63 Å². The number of esters is 1. The lowest BCUT2D eigenvalue weighted by Crippen LogP contribution is -2.12. The number of nitrogens with one attached hydrogen (secondary N) is 1. The number of nitrogens with zero attached hydrogens (tertiary/aromatic N) is 1. The van der Waals surface area contributed by atoms with Gasteiger partial charge in [-0.1, -0.05) is 25.1 Å². The SMILES string of the molecule is CCC(=O)Oc1ccc(C(=O)Nc2cccc(-c3nc4ccccc4c(=O)o3)c2)cc1. The molecule has 4 aromatic rings. The van der Waals surface area contributed by atoms with E-state index in [2.05, 4.69) is 10.3 Å². The van der Waals surface area contributed by atoms with Crippen LogP contribution in [0.25, 0.3) is 22.4 Å². The fourth-order valence-electron chi connectivity index (χ4n) is 2.95. The van der Waals surface area contributed by atoms with Crippen molar-refractivity contribution in [1.29, 1.82) is 0 Å². The molecule has 7 heteroatoms. The summed E-state index contributed by atoms with van der Waals surface area (Å²) in [7, 11) is 0. The predicted molar refractivity (Wildman–Crippen MR) is 116 cm³/mol. The summed E-state index contributed by atoms with van der Waals surface area (Å²) in [5.41, 5.74) is 1.53. The Hall–Kier alpha value is -4.26. The number of fused-ring (bicyclic) bond motifs is 1. The summed E-state index contributed by atoms with van der Waals surface area (Å²) >= 11 is 0. The number of carbonyl (C=O) groups excluding carboxylic acids is 2. The van der Waals surface area contributed by atoms with Crippen molar-refractivity contribution >= 4 is 28.5 Å². The van der Waals surface area contributed by atoms with Crippen LogP contribution in [0.2, 0.25) is 0 Å². The van der Waals surface area contributed by atoms with Gasteiger partial charge in [0.05, 0.1) is 10.9 Å². The van der Waals surface area contributed by atoms with Gasteiger partial charge in [0.15, 0.2) is 0 Å². The molecule has 1 aromatic heterocycles. The highest BCUT2D eigenvalue weighted by atomic mass is 16.5. The predicted octanol–water partition coefficient (Wildman–Crippen LogP) is 4.42. The van der Waals surface area contributed by atoms with Crippen LogP contribution in [0.4, 0.5) is 5.69 Å². The second-order valence-corrected chi connectivity index (χ2v) is 6.71. The minimum absolute atomic E-state index is 0.168. The molecule has 1 N–H and O–H groups in total. The average molecular weight is 414 g/mol. The largest absolute Gasteiger partial charge is 0.427 e. The number of aromatic nitrogens is 1. The molecule has 0 aliphatic heterocycles. The van der Waals surface area contributed by atoms with Crippen LogP contribution in [-0.4, -0.2) is 16.9 Å². The van der Waals surface area contributed by atoms with Gasteiger partial charge in [-0.05, 0) is 54.6 Å². The van der Waals surface area contributed by atoms with Gasteiger partial charge in [-0.15, -0.1) is 0 Å². The fourth-order valence-corrected chi connectivity index (χ4v) is 2.95. The highest BCUT2D eigenvalue weighted by Crippen LogP contribution is 2.22. The van der Waals surface area contributed by atoms with E-state index in [-0.39, 0.29) is 24.2 Å². The van der Waals surface area contributed by atoms with Crippen LogP contribution in [-0.2, 0) is 4.79 Å². The maximum atomic E-state index is 12.6. The van der Waals surface area contributed by atoms with Crippen LogP contribution in [0.1, 0.15) is 23.7 Å². The number of para-hydroxylation sites is 1. The molecule has 1 heterocycles. The van der Waals surface area contributed by atoms with E-state index in [0.29, 0.717) is 33.5 Å². The van der Waals surface area contributed by atoms with E-state index in [9.17, 15) is 14.4 Å². The summed E-state index contributed by atoms with van der Waals surface area (Å²) in [5, 5.41) is 3.20. The minimum Gasteiger partial charge on any atom is -0.427 e. The highest BCUT2D eigenvalue weighted by Gasteiger charge is 2.11. The van der Waals surface area contributed by atoms with E-state index in [1.165, 1.54) is 0 Å². The minimum atomic E-state index is -0.473. The average Bonchev–Trinajstić information content (AvgIpc) is 2.79. The molecule has 0 fully saturated rings. The molecule has 154 valence electrons. The zero-order chi connectivity index (χ0) is 21.8. The van der Waals surface area contributed by atoms with Gasteiger partial charge in [0, 0.05) is 23.2 Å². The van der Waals surface area contributed by atoms with E-state index in [1.807, 2.05) is 0 Å². The van der Waals surface area contributed by atoms with Crippen molar-refractivity contribution in [3.05, 3.63) is 88.8 Å². The summed E-state index contributed by atoms with van der Waals surface area (Å²) in [6.45, 7) is 1.71. The second-order valence-electron chi connectivity index (χ2n) is 6.71. The molecule has 4 rings (SSSR count). The van der Waals surface area contributed by atoms with Gasteiger partial charge in [-0.25, -0.2) is 9.78 Å². The van der Waals surface area contributed by atoms with Crippen LogP contribution < -0.4 is 15.7 Å². The van der Waals surface area contributed by atoms with Gasteiger partial charge in [0.2, 0.25) is 5.89 Å². The van der Waals surface area contributed by atoms with Gasteiger partial charge in [-0.2, -0.15) is 0 Å². The third kappa shape index (κ3) is 4.51. The number of benzene rings is 3. The van der Waals surface area contributed by atoms with Gasteiger partial charge >= 0.3 is 11.6 Å². The molecule has 1 amide bonds. The van der Waals surface area contributed by atoms with Crippen molar-refractivity contribution in [2.45, 2.75) is 13.3 Å². The molecule has 0 spiro atoms. The Labute approximate surface area is 177 Å². The lowest BCUT2D eigenvalue weighted by Gasteiger charge is -2.08. The van der Waals surface area contributed by atoms with Crippen molar-refractivity contribution in [2.24, 2.45) is 0 Å². The maximum absolute atomic E-state index is 12.6. The first-order valence-electron chi connectivity index (χ1n) is 9.66. The summed E-state index contributed by atoms with van der Waals surface area (Å²) in [6.07, 6.45) is 0.269. The fraction of sp³-hybridized carbons (Fsp3) is 0.0833. The molecule has 0 aliphatic rings. The molecule has 0 bridgehead atoms. The topological polar surface area (TPSA) is 98.5 Å². The van der Waals surface area contributed by atoms with E-state index in [1.54, 1.807) is 79.7 Å². The summed E-state index contributed by atoms with van der Waals surface area (Å²) in [4.78, 5) is 40.6. The normalized spacial score (nSPS) is 10.6. The van der Waals surface area contributed by atoms with Gasteiger partial charge in [0.1, 0.15) is 5.75 Å². The molecule has 0 atom stereocenters. The Balaban J connectivity index is 1.54. The van der Waals surface area contributed by atoms with Crippen molar-refractivity contribution in [3.63, 3.8) is 0 Å². The van der Waals surface area contributed by atoms with E-state index in [4.69, 9.17) is 9.15 Å². The summed E-state index contributed by atoms with van der Waals surface area (Å²) in [5.74, 6) is -0.133. The Kier molecular flexibility index (Phi) is 5.57. The number of ether oxygens (including phenoxy) is 1. The number of amides is 1. The summed E-state index contributed by atoms with van der Waals surface area (Å²) < 4.78 is 10.5. The zero-order valence-electron chi connectivity index (χ0n) is 16.6. The van der Waals surface area contributed by atoms with Crippen molar-refractivity contribution in [2.75, 3.05) is 5.32 Å². The van der Waals surface area contributed by atoms with Gasteiger partial charge in [-0.3, -0.25) is 9.59 Å². The Bertz CT molecular complexity index is 1330. The Morgan fingerprint density at radius 3 is 2.55 bits per heavy atom. The van der Waals surface area contributed by atoms with E-state index >= 15 is 0 Å². The molecule has 0 saturated heterocycles. The Morgan fingerprint density at radius 1 is 1.00 bits per heavy atom. The van der Waals surface area contributed by atoms with Crippen molar-refractivity contribution in [1.82, 2.24) is 4.98 Å². The quantitative estimate of drug-likeness (QED) is 0.383. The molecular formula is C24H18N2O5. The van der Waals surface area contributed by atoms with Gasteiger partial charge < -0.3 is 14.5 Å². The molecule has 3 aromatic carbocycles. The van der Waals surface area contributed by atoms with Crippen LogP contribution in [0.5, 0.6) is 5.75 Å². The number of anilines is 1. The lowest BCUT2D eigenvalue weighted by atomic mass is 10.1. The van der Waals surface area contributed by atoms with Crippen molar-refractivity contribution < 1.29 is 18.7 Å².